The highest BCUT2D eigenvalue weighted by Gasteiger charge is 2.40. The van der Waals surface area contributed by atoms with Crippen LogP contribution in [0, 0.1) is 0 Å². The summed E-state index contributed by atoms with van der Waals surface area (Å²) in [6, 6.07) is 15.2. The minimum absolute atomic E-state index is 0.147. The van der Waals surface area contributed by atoms with Gasteiger partial charge in [0.05, 0.1) is 0 Å². The van der Waals surface area contributed by atoms with Gasteiger partial charge >= 0.3 is 0 Å². The normalized spacial score (nSPS) is 18.6. The van der Waals surface area contributed by atoms with Crippen molar-refractivity contribution in [3.63, 3.8) is 0 Å². The van der Waals surface area contributed by atoms with Crippen molar-refractivity contribution in [1.82, 2.24) is 10.2 Å². The lowest BCUT2D eigenvalue weighted by Crippen LogP contribution is -2.52. The van der Waals surface area contributed by atoms with E-state index in [1.807, 2.05) is 48.5 Å². The second-order valence-electron chi connectivity index (χ2n) is 7.40. The Morgan fingerprint density at radius 3 is 2.59 bits per heavy atom. The number of para-hydroxylation sites is 1. The molecular weight excluding hydrogens is 368 g/mol. The molecule has 29 heavy (non-hydrogen) atoms. The Hall–Kier alpha value is -3.19. The van der Waals surface area contributed by atoms with E-state index in [4.69, 9.17) is 5.73 Å². The smallest absolute Gasteiger partial charge is 0.255 e. The molecule has 2 aliphatic heterocycles. The molecule has 0 radical (unpaired) electrons. The first-order valence-electron chi connectivity index (χ1n) is 9.84. The highest BCUT2D eigenvalue weighted by molar-refractivity contribution is 6.06. The maximum Gasteiger partial charge on any atom is 0.255 e. The summed E-state index contributed by atoms with van der Waals surface area (Å²) in [6.45, 7) is 2.11. The van der Waals surface area contributed by atoms with E-state index in [0.29, 0.717) is 38.2 Å². The number of benzene rings is 2. The van der Waals surface area contributed by atoms with E-state index in [1.54, 1.807) is 4.90 Å². The Kier molecular flexibility index (Phi) is 5.31. The van der Waals surface area contributed by atoms with Crippen LogP contribution >= 0.6 is 0 Å². The third-order valence-corrected chi connectivity index (χ3v) is 5.52. The van der Waals surface area contributed by atoms with Crippen LogP contribution in [-0.2, 0) is 22.7 Å². The zero-order valence-corrected chi connectivity index (χ0v) is 16.1. The van der Waals surface area contributed by atoms with Crippen LogP contribution in [0.1, 0.15) is 34.3 Å². The van der Waals surface area contributed by atoms with Gasteiger partial charge in [-0.05, 0) is 29.7 Å². The molecule has 0 aliphatic carbocycles. The van der Waals surface area contributed by atoms with Crippen molar-refractivity contribution in [1.29, 1.82) is 0 Å². The average molecular weight is 392 g/mol. The van der Waals surface area contributed by atoms with Gasteiger partial charge in [-0.25, -0.2) is 0 Å². The second-order valence-corrected chi connectivity index (χ2v) is 7.40. The Morgan fingerprint density at radius 1 is 1.07 bits per heavy atom. The summed E-state index contributed by atoms with van der Waals surface area (Å²) in [6.07, 6.45) is 0.616. The minimum atomic E-state index is -0.602. The number of hydrogen-bond donors (Lipinski definition) is 2. The number of carbonyl (C=O) groups excluding carboxylic acids is 3. The fourth-order valence-electron chi connectivity index (χ4n) is 4.12. The summed E-state index contributed by atoms with van der Waals surface area (Å²) >= 11 is 0. The first-order valence-corrected chi connectivity index (χ1v) is 9.84. The topological polar surface area (TPSA) is 95.7 Å². The van der Waals surface area contributed by atoms with Crippen molar-refractivity contribution < 1.29 is 14.4 Å². The number of anilines is 1. The maximum atomic E-state index is 13.2. The number of rotatable bonds is 6. The van der Waals surface area contributed by atoms with Gasteiger partial charge in [0.2, 0.25) is 11.8 Å². The Labute approximate surface area is 169 Å². The van der Waals surface area contributed by atoms with Crippen LogP contribution in [-0.4, -0.2) is 41.8 Å². The van der Waals surface area contributed by atoms with Crippen molar-refractivity contribution in [2.24, 2.45) is 5.73 Å². The third-order valence-electron chi connectivity index (χ3n) is 5.52. The van der Waals surface area contributed by atoms with E-state index in [1.165, 1.54) is 0 Å². The van der Waals surface area contributed by atoms with Gasteiger partial charge in [0.25, 0.3) is 5.91 Å². The maximum absolute atomic E-state index is 13.2. The van der Waals surface area contributed by atoms with Crippen LogP contribution in [0.5, 0.6) is 0 Å². The molecule has 4 rings (SSSR count). The zero-order valence-electron chi connectivity index (χ0n) is 16.1. The van der Waals surface area contributed by atoms with Gasteiger partial charge in [-0.2, -0.15) is 0 Å². The molecule has 7 nitrogen and oxygen atoms in total. The molecule has 2 aromatic carbocycles. The molecular formula is C22H24N4O3. The second kappa shape index (κ2) is 8.05. The Morgan fingerprint density at radius 2 is 1.86 bits per heavy atom. The largest absolute Gasteiger partial charge is 0.366 e. The minimum Gasteiger partial charge on any atom is -0.366 e. The molecule has 2 heterocycles. The number of nitrogens with two attached hydrogens (primary N) is 1. The highest BCUT2D eigenvalue weighted by Crippen LogP contribution is 2.31. The van der Waals surface area contributed by atoms with Crippen LogP contribution in [0.3, 0.4) is 0 Å². The van der Waals surface area contributed by atoms with Crippen molar-refractivity contribution in [2.75, 3.05) is 18.0 Å². The van der Waals surface area contributed by atoms with Crippen LogP contribution in [0.15, 0.2) is 48.5 Å². The Bertz CT molecular complexity index is 944. The molecule has 0 aromatic heterocycles. The van der Waals surface area contributed by atoms with Crippen molar-refractivity contribution in [3.8, 4) is 0 Å². The van der Waals surface area contributed by atoms with Gasteiger partial charge in [-0.3, -0.25) is 19.7 Å². The van der Waals surface area contributed by atoms with E-state index >= 15 is 0 Å². The van der Waals surface area contributed by atoms with Crippen LogP contribution in [0.4, 0.5) is 5.69 Å². The predicted molar refractivity (Wildman–Crippen MR) is 109 cm³/mol. The number of piperidine rings is 1. The number of hydrogen-bond acceptors (Lipinski definition) is 5. The summed E-state index contributed by atoms with van der Waals surface area (Å²) in [5.41, 5.74) is 9.36. The fourth-order valence-corrected chi connectivity index (χ4v) is 4.12. The number of nitrogens with one attached hydrogen (secondary N) is 1. The predicted octanol–water partition coefficient (Wildman–Crippen LogP) is 1.41. The third kappa shape index (κ3) is 3.73. The highest BCUT2D eigenvalue weighted by atomic mass is 16.2. The summed E-state index contributed by atoms with van der Waals surface area (Å²) in [4.78, 5) is 40.7. The SMILES string of the molecule is NCCN(Cc1cccc2c1C(=O)N(C1CCC(=O)NC1=O)C2)c1ccccc1. The molecule has 1 saturated heterocycles. The number of nitrogens with zero attached hydrogens (tertiary/aromatic N) is 2. The Balaban J connectivity index is 1.60. The van der Waals surface area contributed by atoms with Gasteiger partial charge in [0.1, 0.15) is 6.04 Å². The van der Waals surface area contributed by atoms with Gasteiger partial charge < -0.3 is 15.5 Å². The lowest BCUT2D eigenvalue weighted by Gasteiger charge is -2.29. The zero-order chi connectivity index (χ0) is 20.4. The molecule has 7 heteroatoms. The lowest BCUT2D eigenvalue weighted by atomic mass is 10.0. The molecule has 3 amide bonds. The first kappa shape index (κ1) is 19.1. The van der Waals surface area contributed by atoms with Crippen molar-refractivity contribution >= 4 is 23.4 Å². The standard InChI is InChI=1S/C22H24N4O3/c23-11-12-25(17-7-2-1-3-8-17)13-15-5-4-6-16-14-26(22(29)20(15)16)18-9-10-19(27)24-21(18)28/h1-8,18H,9-14,23H2,(H,24,27,28). The molecule has 0 saturated carbocycles. The van der Waals surface area contributed by atoms with E-state index < -0.39 is 11.9 Å². The first-order chi connectivity index (χ1) is 14.1. The van der Waals surface area contributed by atoms with Gasteiger partial charge in [-0.15, -0.1) is 0 Å². The molecule has 1 atom stereocenters. The number of fused-ring (bicyclic) bond motifs is 1. The molecule has 1 unspecified atom stereocenters. The van der Waals surface area contributed by atoms with Crippen LogP contribution in [0.25, 0.3) is 0 Å². The number of amides is 3. The number of imide groups is 1. The summed E-state index contributed by atoms with van der Waals surface area (Å²) in [7, 11) is 0. The molecule has 3 N–H and O–H groups in total. The van der Waals surface area contributed by atoms with Gasteiger partial charge in [0.15, 0.2) is 0 Å². The van der Waals surface area contributed by atoms with Gasteiger partial charge in [0, 0.05) is 43.9 Å². The molecule has 150 valence electrons. The molecule has 0 spiro atoms. The lowest BCUT2D eigenvalue weighted by molar-refractivity contribution is -0.136. The van der Waals surface area contributed by atoms with Gasteiger partial charge in [-0.1, -0.05) is 36.4 Å². The van der Waals surface area contributed by atoms with Crippen LogP contribution < -0.4 is 16.0 Å². The van der Waals surface area contributed by atoms with E-state index in [0.717, 1.165) is 16.8 Å². The monoisotopic (exact) mass is 392 g/mol. The summed E-state index contributed by atoms with van der Waals surface area (Å²) < 4.78 is 0. The molecule has 1 fully saturated rings. The molecule has 2 aliphatic rings. The summed E-state index contributed by atoms with van der Waals surface area (Å²) in [5.74, 6) is -0.819. The van der Waals surface area contributed by atoms with E-state index in [2.05, 4.69) is 10.2 Å². The summed E-state index contributed by atoms with van der Waals surface area (Å²) in [5, 5.41) is 2.34. The average Bonchev–Trinajstić information content (AvgIpc) is 3.06. The molecule has 2 aromatic rings. The fraction of sp³-hybridized carbons (Fsp3) is 0.318. The van der Waals surface area contributed by atoms with Crippen molar-refractivity contribution in [3.05, 3.63) is 65.2 Å². The van der Waals surface area contributed by atoms with Crippen molar-refractivity contribution in [2.45, 2.75) is 32.0 Å². The van der Waals surface area contributed by atoms with E-state index in [9.17, 15) is 14.4 Å². The quantitative estimate of drug-likeness (QED) is 0.725. The molecule has 0 bridgehead atoms. The number of carbonyl (C=O) groups is 3. The van der Waals surface area contributed by atoms with E-state index in [-0.39, 0.29) is 18.2 Å². The van der Waals surface area contributed by atoms with Crippen LogP contribution in [0.2, 0.25) is 0 Å².